The Hall–Kier alpha value is -4.72. The second kappa shape index (κ2) is 12.0. The van der Waals surface area contributed by atoms with E-state index in [1.807, 2.05) is 55.5 Å². The van der Waals surface area contributed by atoms with Crippen LogP contribution in [0, 0.1) is 34.5 Å². The van der Waals surface area contributed by atoms with Gasteiger partial charge in [0.25, 0.3) is 0 Å². The van der Waals surface area contributed by atoms with Gasteiger partial charge in [-0.1, -0.05) is 42.7 Å². The van der Waals surface area contributed by atoms with E-state index in [0.29, 0.717) is 10.8 Å². The Bertz CT molecular complexity index is 1980. The summed E-state index contributed by atoms with van der Waals surface area (Å²) >= 11 is 1.43. The number of carboxylic acid groups (broad SMARTS) is 1. The monoisotopic (exact) mass is 679 g/mol. The fourth-order valence-electron chi connectivity index (χ4n) is 8.87. The first-order chi connectivity index (χ1) is 23.3. The number of aromatic carboxylic acids is 1. The quantitative estimate of drug-likeness (QED) is 0.150. The van der Waals surface area contributed by atoms with Gasteiger partial charge >= 0.3 is 5.97 Å². The summed E-state index contributed by atoms with van der Waals surface area (Å²) in [6.07, 6.45) is 4.82. The van der Waals surface area contributed by atoms with Crippen molar-refractivity contribution in [3.63, 3.8) is 0 Å². The van der Waals surface area contributed by atoms with Crippen LogP contribution in [0.2, 0.25) is 0 Å². The van der Waals surface area contributed by atoms with Gasteiger partial charge in [0.1, 0.15) is 22.7 Å². The number of allylic oxidation sites excluding steroid dienone is 2. The van der Waals surface area contributed by atoms with Crippen molar-refractivity contribution in [2.75, 3.05) is 12.4 Å². The van der Waals surface area contributed by atoms with Gasteiger partial charge in [-0.2, -0.15) is 0 Å². The highest BCUT2D eigenvalue weighted by molar-refractivity contribution is 8.04. The van der Waals surface area contributed by atoms with Crippen LogP contribution in [0.3, 0.4) is 0 Å². The summed E-state index contributed by atoms with van der Waals surface area (Å²) in [5, 5.41) is 32.6. The van der Waals surface area contributed by atoms with E-state index in [1.165, 1.54) is 11.8 Å². The summed E-state index contributed by atoms with van der Waals surface area (Å²) in [6, 6.07) is 17.5. The van der Waals surface area contributed by atoms with Crippen LogP contribution in [-0.2, 0) is 14.3 Å². The average molecular weight is 680 g/mol. The molecule has 3 aliphatic carbocycles. The topological polar surface area (TPSA) is 142 Å². The molecule has 2 heterocycles. The molecule has 4 bridgehead atoms. The van der Waals surface area contributed by atoms with Gasteiger partial charge in [0.2, 0.25) is 5.91 Å². The van der Waals surface area contributed by atoms with Crippen LogP contribution in [0.15, 0.2) is 76.5 Å². The molecule has 0 aromatic heterocycles. The first kappa shape index (κ1) is 32.8. The number of methoxy groups -OCH3 is 1. The molecule has 1 spiro atoms. The molecule has 8 rings (SSSR count). The zero-order chi connectivity index (χ0) is 34.7. The minimum absolute atomic E-state index is 0.0447. The normalized spacial score (nSPS) is 29.1. The van der Waals surface area contributed by atoms with E-state index in [4.69, 9.17) is 9.47 Å². The molecule has 0 radical (unpaired) electrons. The van der Waals surface area contributed by atoms with E-state index in [-0.39, 0.29) is 47.4 Å². The maximum atomic E-state index is 14.6. The highest BCUT2D eigenvalue weighted by Crippen LogP contribution is 2.72. The maximum absolute atomic E-state index is 14.6. The number of amides is 1. The predicted octanol–water partition coefficient (Wildman–Crippen LogP) is 6.76. The number of ketones is 1. The number of phenolic OH excluding ortho intramolecular Hbond substituents is 1. The van der Waals surface area contributed by atoms with E-state index in [1.54, 1.807) is 7.11 Å². The number of ether oxygens (including phenoxy) is 2. The Labute approximate surface area is 288 Å². The fraction of sp³-hybridized carbons (Fsp3) is 0.359. The summed E-state index contributed by atoms with van der Waals surface area (Å²) in [6.45, 7) is 4.12. The highest BCUT2D eigenvalue weighted by Gasteiger charge is 2.72. The molecular formula is C39H37NO8S. The Morgan fingerprint density at radius 1 is 1.06 bits per heavy atom. The van der Waals surface area contributed by atoms with E-state index >= 15 is 0 Å². The minimum Gasteiger partial charge on any atom is -0.506 e. The van der Waals surface area contributed by atoms with Gasteiger partial charge in [-0.3, -0.25) is 9.59 Å². The van der Waals surface area contributed by atoms with Crippen molar-refractivity contribution in [1.82, 2.24) is 0 Å². The minimum atomic E-state index is -1.40. The molecule has 10 heteroatoms. The van der Waals surface area contributed by atoms with E-state index in [0.717, 1.165) is 53.2 Å². The molecule has 3 aromatic rings. The lowest BCUT2D eigenvalue weighted by atomic mass is 9.51. The molecule has 0 unspecified atom stereocenters. The van der Waals surface area contributed by atoms with Gasteiger partial charge < -0.3 is 30.1 Å². The van der Waals surface area contributed by atoms with Crippen molar-refractivity contribution >= 4 is 35.1 Å². The van der Waals surface area contributed by atoms with Crippen LogP contribution in [-0.4, -0.2) is 51.8 Å². The Balaban J connectivity index is 1.15. The van der Waals surface area contributed by atoms with Gasteiger partial charge in [0, 0.05) is 33.8 Å². The number of Topliss-reactive ketones (excluding diaryl/α,β-unsaturated/α-hetero) is 1. The number of thioether (sulfide) groups is 1. The standard InChI is InChI=1S/C39H37NO8S/c1-37(16-15-31(42)40-32-28(41)14-13-27(33(32)43)36(45)46)34-29-18-24-19-39(34,21-38(24,2)48-29)20-30(35(37)44)49-26-6-4-5-23(17-26)8-7-22-9-11-25(47-3)12-10-22/h4-6,9-14,17,20,24,29,34,41,43H,15-16,18-19,21H2,1-3H3,(H,40,42)(H,45,46)/t24-,29+,34+,37+,38+,39-/m1/s1. The van der Waals surface area contributed by atoms with Crippen molar-refractivity contribution in [1.29, 1.82) is 0 Å². The zero-order valence-corrected chi connectivity index (χ0v) is 28.2. The number of hydrogen-bond acceptors (Lipinski definition) is 8. The smallest absolute Gasteiger partial charge is 0.339 e. The Morgan fingerprint density at radius 3 is 2.53 bits per heavy atom. The third-order valence-electron chi connectivity index (χ3n) is 11.0. The molecule has 1 amide bonds. The number of aromatic hydroxyl groups is 2. The highest BCUT2D eigenvalue weighted by atomic mass is 32.2. The molecule has 6 atom stereocenters. The number of carboxylic acids is 1. The zero-order valence-electron chi connectivity index (χ0n) is 27.4. The molecule has 5 aliphatic rings. The molecule has 49 heavy (non-hydrogen) atoms. The number of hydrogen-bond donors (Lipinski definition) is 4. The molecular weight excluding hydrogens is 642 g/mol. The van der Waals surface area contributed by atoms with Gasteiger partial charge in [-0.25, -0.2) is 4.79 Å². The lowest BCUT2D eigenvalue weighted by Gasteiger charge is -2.56. The maximum Gasteiger partial charge on any atom is 0.339 e. The van der Waals surface area contributed by atoms with E-state index in [9.17, 15) is 29.7 Å². The van der Waals surface area contributed by atoms with Crippen molar-refractivity contribution < 1.29 is 39.2 Å². The van der Waals surface area contributed by atoms with Gasteiger partial charge in [-0.15, -0.1) is 0 Å². The number of rotatable bonds is 8. The molecule has 2 saturated heterocycles. The SMILES string of the molecule is COc1ccc(C#Cc2cccc(SC3=C[C@]45C[C@H]6C[C@H](O[C@@]6(C)C4)[C@H]5[C@](C)(CCC(=O)Nc4c(O)ccc(C(=O)O)c4O)C3=O)c2)cc1. The number of anilines is 1. The van der Waals surface area contributed by atoms with Crippen LogP contribution in [0.5, 0.6) is 17.2 Å². The summed E-state index contributed by atoms with van der Waals surface area (Å²) < 4.78 is 11.9. The van der Waals surface area contributed by atoms with Gasteiger partial charge in [-0.05, 0) is 98.5 Å². The third kappa shape index (κ3) is 5.65. The van der Waals surface area contributed by atoms with Crippen molar-refractivity contribution in [2.24, 2.45) is 22.7 Å². The van der Waals surface area contributed by atoms with Crippen molar-refractivity contribution in [3.8, 4) is 29.1 Å². The molecule has 2 saturated carbocycles. The Kier molecular flexibility index (Phi) is 8.04. The number of nitrogens with one attached hydrogen (secondary N) is 1. The van der Waals surface area contributed by atoms with Crippen LogP contribution < -0.4 is 10.1 Å². The molecule has 4 fully saturated rings. The summed E-state index contributed by atoms with van der Waals surface area (Å²) in [5.41, 5.74) is -0.574. The fourth-order valence-corrected chi connectivity index (χ4v) is 10.1. The van der Waals surface area contributed by atoms with E-state index < -0.39 is 34.4 Å². The molecule has 252 valence electrons. The number of phenols is 2. The lowest BCUT2D eigenvalue weighted by Crippen LogP contribution is -2.57. The summed E-state index contributed by atoms with van der Waals surface area (Å²) in [4.78, 5) is 40.9. The first-order valence-corrected chi connectivity index (χ1v) is 17.1. The lowest BCUT2D eigenvalue weighted by molar-refractivity contribution is -0.169. The molecule has 2 aliphatic heterocycles. The molecule has 9 nitrogen and oxygen atoms in total. The van der Waals surface area contributed by atoms with Gasteiger partial charge in [0.05, 0.1) is 23.7 Å². The van der Waals surface area contributed by atoms with Gasteiger partial charge in [0.15, 0.2) is 11.5 Å². The van der Waals surface area contributed by atoms with Crippen molar-refractivity contribution in [2.45, 2.75) is 62.6 Å². The largest absolute Gasteiger partial charge is 0.506 e. The molecule has 3 aromatic carbocycles. The number of carbonyl (C=O) groups excluding carboxylic acids is 2. The summed E-state index contributed by atoms with van der Waals surface area (Å²) in [5.74, 6) is 4.27. The third-order valence-corrected chi connectivity index (χ3v) is 12.0. The second-order valence-electron chi connectivity index (χ2n) is 14.1. The average Bonchev–Trinajstić information content (AvgIpc) is 3.44. The van der Waals surface area contributed by atoms with Crippen molar-refractivity contribution in [3.05, 3.63) is 88.3 Å². The van der Waals surface area contributed by atoms with Crippen LogP contribution >= 0.6 is 11.8 Å². The van der Waals surface area contributed by atoms with E-state index in [2.05, 4.69) is 30.2 Å². The van der Waals surface area contributed by atoms with Crippen LogP contribution in [0.4, 0.5) is 5.69 Å². The first-order valence-electron chi connectivity index (χ1n) is 16.3. The Morgan fingerprint density at radius 2 is 1.82 bits per heavy atom. The summed E-state index contributed by atoms with van der Waals surface area (Å²) in [7, 11) is 1.62. The number of carbonyl (C=O) groups is 3. The second-order valence-corrected chi connectivity index (χ2v) is 15.2. The van der Waals surface area contributed by atoms with Crippen LogP contribution in [0.25, 0.3) is 0 Å². The molecule has 4 N–H and O–H groups in total. The van der Waals surface area contributed by atoms with Crippen LogP contribution in [0.1, 0.15) is 67.4 Å². The predicted molar refractivity (Wildman–Crippen MR) is 184 cm³/mol. The number of benzene rings is 3.